The van der Waals surface area contributed by atoms with Crippen molar-refractivity contribution in [1.82, 2.24) is 5.32 Å². The van der Waals surface area contributed by atoms with Gasteiger partial charge in [-0.2, -0.15) is 0 Å². The maximum atomic E-state index is 10.7. The Morgan fingerprint density at radius 1 is 1.27 bits per heavy atom. The van der Waals surface area contributed by atoms with Crippen LogP contribution < -0.4 is 5.32 Å². The maximum absolute atomic E-state index is 10.7. The molecular formula is C8H16ClNO. The van der Waals surface area contributed by atoms with Gasteiger partial charge in [-0.3, -0.25) is 4.79 Å². The zero-order chi connectivity index (χ0) is 9.28. The van der Waals surface area contributed by atoms with Gasteiger partial charge in [-0.05, 0) is 27.7 Å². The fraction of sp³-hybridized carbons (Fsp3) is 0.875. The molecule has 0 unspecified atom stereocenters. The number of halogens is 1. The number of alkyl halides is 1. The topological polar surface area (TPSA) is 29.1 Å². The van der Waals surface area contributed by atoms with Crippen molar-refractivity contribution in [2.45, 2.75) is 45.0 Å². The first kappa shape index (κ1) is 10.8. The Kier molecular flexibility index (Phi) is 2.95. The van der Waals surface area contributed by atoms with Gasteiger partial charge >= 0.3 is 0 Å². The Bertz CT molecular complexity index is 158. The summed E-state index contributed by atoms with van der Waals surface area (Å²) in [5.74, 6) is -0.0521. The van der Waals surface area contributed by atoms with E-state index in [1.165, 1.54) is 6.92 Å². The molecule has 0 heterocycles. The second-order valence-electron chi connectivity index (χ2n) is 3.78. The van der Waals surface area contributed by atoms with Crippen molar-refractivity contribution in [3.8, 4) is 0 Å². The van der Waals surface area contributed by atoms with Crippen LogP contribution in [0.1, 0.15) is 34.6 Å². The number of carbonyl (C=O) groups excluding carboxylic acids is 1. The van der Waals surface area contributed by atoms with Crippen LogP contribution in [0.4, 0.5) is 0 Å². The molecule has 0 aromatic heterocycles. The van der Waals surface area contributed by atoms with Crippen molar-refractivity contribution in [3.05, 3.63) is 0 Å². The van der Waals surface area contributed by atoms with Gasteiger partial charge in [-0.15, -0.1) is 11.6 Å². The van der Waals surface area contributed by atoms with E-state index in [2.05, 4.69) is 5.32 Å². The zero-order valence-corrected chi connectivity index (χ0v) is 8.54. The lowest BCUT2D eigenvalue weighted by atomic mass is 9.90. The van der Waals surface area contributed by atoms with Crippen LogP contribution in [-0.2, 0) is 4.79 Å². The molecule has 2 nitrogen and oxygen atoms in total. The molecule has 0 saturated heterocycles. The number of amides is 1. The fourth-order valence-corrected chi connectivity index (χ4v) is 0.636. The van der Waals surface area contributed by atoms with Crippen LogP contribution in [0.2, 0.25) is 0 Å². The molecule has 0 atom stereocenters. The molecule has 0 aliphatic heterocycles. The predicted octanol–water partition coefficient (Wildman–Crippen LogP) is 1.92. The third-order valence-electron chi connectivity index (χ3n) is 1.97. The maximum Gasteiger partial charge on any atom is 0.217 e. The molecule has 0 rings (SSSR count). The van der Waals surface area contributed by atoms with E-state index in [4.69, 9.17) is 11.6 Å². The molecule has 3 heteroatoms. The lowest BCUT2D eigenvalue weighted by molar-refractivity contribution is -0.120. The van der Waals surface area contributed by atoms with Crippen molar-refractivity contribution in [2.75, 3.05) is 0 Å². The van der Waals surface area contributed by atoms with Gasteiger partial charge in [-0.25, -0.2) is 0 Å². The van der Waals surface area contributed by atoms with E-state index in [-0.39, 0.29) is 11.4 Å². The quantitative estimate of drug-likeness (QED) is 0.642. The second kappa shape index (κ2) is 3.02. The second-order valence-corrected chi connectivity index (χ2v) is 4.72. The average molecular weight is 178 g/mol. The summed E-state index contributed by atoms with van der Waals surface area (Å²) in [7, 11) is 0. The predicted molar refractivity (Wildman–Crippen MR) is 47.8 cm³/mol. The highest BCUT2D eigenvalue weighted by molar-refractivity contribution is 6.24. The molecule has 0 bridgehead atoms. The first-order valence-corrected chi connectivity index (χ1v) is 4.02. The van der Waals surface area contributed by atoms with Gasteiger partial charge in [-0.1, -0.05) is 0 Å². The van der Waals surface area contributed by atoms with Gasteiger partial charge < -0.3 is 5.32 Å². The summed E-state index contributed by atoms with van der Waals surface area (Å²) < 4.78 is 0. The first-order chi connectivity index (χ1) is 4.67. The summed E-state index contributed by atoms with van der Waals surface area (Å²) in [6, 6.07) is 0. The highest BCUT2D eigenvalue weighted by Gasteiger charge is 2.35. The number of nitrogens with one attached hydrogen (secondary N) is 1. The van der Waals surface area contributed by atoms with Crippen molar-refractivity contribution >= 4 is 17.5 Å². The van der Waals surface area contributed by atoms with Crippen molar-refractivity contribution in [1.29, 1.82) is 0 Å². The van der Waals surface area contributed by atoms with Crippen molar-refractivity contribution in [2.24, 2.45) is 0 Å². The van der Waals surface area contributed by atoms with E-state index in [1.807, 2.05) is 27.7 Å². The normalized spacial score (nSPS) is 12.9. The molecule has 0 fully saturated rings. The molecule has 0 aromatic rings. The summed E-state index contributed by atoms with van der Waals surface area (Å²) in [5, 5.41) is 2.79. The van der Waals surface area contributed by atoms with Crippen molar-refractivity contribution < 1.29 is 4.79 Å². The Hall–Kier alpha value is -0.240. The number of hydrogen-bond donors (Lipinski definition) is 1. The summed E-state index contributed by atoms with van der Waals surface area (Å²) in [5.41, 5.74) is -0.375. The van der Waals surface area contributed by atoms with Gasteiger partial charge in [0.25, 0.3) is 0 Å². The highest BCUT2D eigenvalue weighted by Crippen LogP contribution is 2.27. The summed E-state index contributed by atoms with van der Waals surface area (Å²) in [6.07, 6.45) is 0. The molecule has 0 aliphatic carbocycles. The molecular weight excluding hydrogens is 162 g/mol. The zero-order valence-electron chi connectivity index (χ0n) is 7.79. The third-order valence-corrected chi connectivity index (χ3v) is 2.45. The van der Waals surface area contributed by atoms with Crippen LogP contribution >= 0.6 is 11.6 Å². The molecule has 1 amide bonds. The minimum absolute atomic E-state index is 0.0521. The first-order valence-electron chi connectivity index (χ1n) is 3.64. The van der Waals surface area contributed by atoms with Crippen LogP contribution in [0, 0.1) is 0 Å². The minimum Gasteiger partial charge on any atom is -0.350 e. The standard InChI is InChI=1S/C8H16ClNO/c1-6(11)10-8(4,5)7(2,3)9/h1-5H3,(H,10,11). The molecule has 0 radical (unpaired) electrons. The molecule has 11 heavy (non-hydrogen) atoms. The van der Waals surface area contributed by atoms with E-state index in [9.17, 15) is 4.79 Å². The summed E-state index contributed by atoms with van der Waals surface area (Å²) in [6.45, 7) is 9.06. The smallest absolute Gasteiger partial charge is 0.217 e. The van der Waals surface area contributed by atoms with Gasteiger partial charge in [0.1, 0.15) is 0 Å². The molecule has 0 saturated carbocycles. The van der Waals surface area contributed by atoms with Gasteiger partial charge in [0, 0.05) is 6.92 Å². The molecule has 0 aromatic carbocycles. The van der Waals surface area contributed by atoms with E-state index in [0.717, 1.165) is 0 Å². The molecule has 66 valence electrons. The Balaban J connectivity index is 4.34. The Morgan fingerprint density at radius 2 is 1.64 bits per heavy atom. The number of hydrogen-bond acceptors (Lipinski definition) is 1. The molecule has 1 N–H and O–H groups in total. The Labute approximate surface area is 73.3 Å². The average Bonchev–Trinajstić information content (AvgIpc) is 1.56. The minimum atomic E-state index is -0.432. The lowest BCUT2D eigenvalue weighted by Crippen LogP contribution is -2.54. The van der Waals surface area contributed by atoms with Crippen LogP contribution in [0.3, 0.4) is 0 Å². The van der Waals surface area contributed by atoms with Crippen LogP contribution in [0.15, 0.2) is 0 Å². The van der Waals surface area contributed by atoms with Gasteiger partial charge in [0.2, 0.25) is 5.91 Å². The van der Waals surface area contributed by atoms with Gasteiger partial charge in [0.15, 0.2) is 0 Å². The third kappa shape index (κ3) is 3.10. The van der Waals surface area contributed by atoms with Crippen LogP contribution in [0.5, 0.6) is 0 Å². The SMILES string of the molecule is CC(=O)NC(C)(C)C(C)(C)Cl. The van der Waals surface area contributed by atoms with Crippen LogP contribution in [-0.4, -0.2) is 16.3 Å². The Morgan fingerprint density at radius 3 is 1.73 bits per heavy atom. The van der Waals surface area contributed by atoms with E-state index in [1.54, 1.807) is 0 Å². The lowest BCUT2D eigenvalue weighted by Gasteiger charge is -2.36. The number of rotatable bonds is 2. The van der Waals surface area contributed by atoms with Gasteiger partial charge in [0.05, 0.1) is 10.4 Å². The van der Waals surface area contributed by atoms with E-state index < -0.39 is 4.87 Å². The number of carbonyl (C=O) groups is 1. The molecule has 0 spiro atoms. The van der Waals surface area contributed by atoms with E-state index in [0.29, 0.717) is 0 Å². The van der Waals surface area contributed by atoms with E-state index >= 15 is 0 Å². The molecule has 0 aliphatic rings. The fourth-order valence-electron chi connectivity index (χ4n) is 0.589. The monoisotopic (exact) mass is 177 g/mol. The van der Waals surface area contributed by atoms with Crippen molar-refractivity contribution in [3.63, 3.8) is 0 Å². The summed E-state index contributed by atoms with van der Waals surface area (Å²) >= 11 is 6.05. The highest BCUT2D eigenvalue weighted by atomic mass is 35.5. The summed E-state index contributed by atoms with van der Waals surface area (Å²) in [4.78, 5) is 10.3. The van der Waals surface area contributed by atoms with Crippen LogP contribution in [0.25, 0.3) is 0 Å². The largest absolute Gasteiger partial charge is 0.350 e.